The maximum Gasteiger partial charge on any atom is 0.0178 e. The van der Waals surface area contributed by atoms with Crippen LogP contribution in [0.3, 0.4) is 0 Å². The van der Waals surface area contributed by atoms with Crippen LogP contribution >= 0.6 is 0 Å². The first-order valence-corrected chi connectivity index (χ1v) is 4.71. The SMILES string of the molecule is CCCc1c(C)c(C)n(C)c1C. The molecule has 0 saturated heterocycles. The lowest BCUT2D eigenvalue weighted by Crippen LogP contribution is -1.94. The fraction of sp³-hybridized carbons (Fsp3) is 0.636. The Hall–Kier alpha value is -0.720. The second kappa shape index (κ2) is 3.34. The highest BCUT2D eigenvalue weighted by Gasteiger charge is 2.09. The minimum atomic E-state index is 1.22. The Bertz CT molecular complexity index is 256. The first-order chi connectivity index (χ1) is 5.59. The highest BCUT2D eigenvalue weighted by atomic mass is 15.0. The van der Waals surface area contributed by atoms with Gasteiger partial charge in [-0.25, -0.2) is 0 Å². The van der Waals surface area contributed by atoms with Crippen LogP contribution in [0.5, 0.6) is 0 Å². The minimum absolute atomic E-state index is 1.22. The normalized spacial score (nSPS) is 10.8. The quantitative estimate of drug-likeness (QED) is 0.635. The van der Waals surface area contributed by atoms with Crippen molar-refractivity contribution in [2.45, 2.75) is 40.5 Å². The molecule has 0 amide bonds. The van der Waals surface area contributed by atoms with Crippen LogP contribution in [0.1, 0.15) is 35.9 Å². The monoisotopic (exact) mass is 165 g/mol. The molecule has 0 spiro atoms. The standard InChI is InChI=1S/C11H19N/c1-6-7-11-8(2)9(3)12(5)10(11)4/h6-7H2,1-5H3. The van der Waals surface area contributed by atoms with Gasteiger partial charge in [0, 0.05) is 18.4 Å². The van der Waals surface area contributed by atoms with E-state index in [9.17, 15) is 0 Å². The van der Waals surface area contributed by atoms with E-state index >= 15 is 0 Å². The minimum Gasteiger partial charge on any atom is -0.352 e. The molecule has 0 fully saturated rings. The summed E-state index contributed by atoms with van der Waals surface area (Å²) in [7, 11) is 2.15. The summed E-state index contributed by atoms with van der Waals surface area (Å²) in [6.45, 7) is 8.88. The third-order valence-electron chi connectivity index (χ3n) is 2.94. The Morgan fingerprint density at radius 1 is 1.08 bits per heavy atom. The molecule has 0 saturated carbocycles. The third kappa shape index (κ3) is 1.28. The molecule has 12 heavy (non-hydrogen) atoms. The van der Waals surface area contributed by atoms with E-state index in [1.54, 1.807) is 5.56 Å². The first kappa shape index (κ1) is 9.37. The van der Waals surface area contributed by atoms with Crippen LogP contribution in [0, 0.1) is 20.8 Å². The van der Waals surface area contributed by atoms with E-state index in [0.717, 1.165) is 0 Å². The largest absolute Gasteiger partial charge is 0.352 e. The second-order valence-corrected chi connectivity index (χ2v) is 3.58. The lowest BCUT2D eigenvalue weighted by Gasteiger charge is -2.00. The number of rotatable bonds is 2. The molecular formula is C11H19N. The first-order valence-electron chi connectivity index (χ1n) is 4.71. The van der Waals surface area contributed by atoms with Crippen molar-refractivity contribution in [3.63, 3.8) is 0 Å². The lowest BCUT2D eigenvalue weighted by atomic mass is 10.1. The van der Waals surface area contributed by atoms with Gasteiger partial charge in [0.1, 0.15) is 0 Å². The summed E-state index contributed by atoms with van der Waals surface area (Å²) in [5, 5.41) is 0. The van der Waals surface area contributed by atoms with E-state index in [2.05, 4.69) is 39.3 Å². The zero-order chi connectivity index (χ0) is 9.30. The Labute approximate surface area is 75.4 Å². The molecular weight excluding hydrogens is 146 g/mol. The summed E-state index contributed by atoms with van der Waals surface area (Å²) in [5.41, 5.74) is 5.89. The summed E-state index contributed by atoms with van der Waals surface area (Å²) >= 11 is 0. The van der Waals surface area contributed by atoms with Gasteiger partial charge in [-0.2, -0.15) is 0 Å². The van der Waals surface area contributed by atoms with Crippen LogP contribution in [0.25, 0.3) is 0 Å². The van der Waals surface area contributed by atoms with Crippen molar-refractivity contribution >= 4 is 0 Å². The van der Waals surface area contributed by atoms with E-state index in [0.29, 0.717) is 0 Å². The Kier molecular flexibility index (Phi) is 2.61. The van der Waals surface area contributed by atoms with E-state index in [1.165, 1.54) is 29.8 Å². The molecule has 1 aromatic rings. The molecule has 0 bridgehead atoms. The molecule has 0 aliphatic heterocycles. The molecule has 1 aromatic heterocycles. The Morgan fingerprint density at radius 3 is 2.00 bits per heavy atom. The van der Waals surface area contributed by atoms with Gasteiger partial charge >= 0.3 is 0 Å². The molecule has 1 heterocycles. The molecule has 0 unspecified atom stereocenters. The molecule has 0 atom stereocenters. The second-order valence-electron chi connectivity index (χ2n) is 3.58. The van der Waals surface area contributed by atoms with E-state index in [4.69, 9.17) is 0 Å². The van der Waals surface area contributed by atoms with Crippen LogP contribution in [0.2, 0.25) is 0 Å². The fourth-order valence-corrected chi connectivity index (χ4v) is 1.81. The van der Waals surface area contributed by atoms with E-state index in [-0.39, 0.29) is 0 Å². The summed E-state index contributed by atoms with van der Waals surface area (Å²) in [6.07, 6.45) is 2.46. The van der Waals surface area contributed by atoms with Crippen LogP contribution < -0.4 is 0 Å². The predicted molar refractivity (Wildman–Crippen MR) is 53.6 cm³/mol. The lowest BCUT2D eigenvalue weighted by molar-refractivity contribution is 0.825. The van der Waals surface area contributed by atoms with E-state index < -0.39 is 0 Å². The summed E-state index contributed by atoms with van der Waals surface area (Å²) < 4.78 is 2.29. The molecule has 68 valence electrons. The van der Waals surface area contributed by atoms with Gasteiger partial charge in [-0.1, -0.05) is 13.3 Å². The van der Waals surface area contributed by atoms with Gasteiger partial charge in [0.15, 0.2) is 0 Å². The fourth-order valence-electron chi connectivity index (χ4n) is 1.81. The molecule has 0 aliphatic carbocycles. The van der Waals surface area contributed by atoms with Crippen molar-refractivity contribution in [3.05, 3.63) is 22.5 Å². The third-order valence-corrected chi connectivity index (χ3v) is 2.94. The Morgan fingerprint density at radius 2 is 1.67 bits per heavy atom. The Balaban J connectivity index is 3.18. The number of hydrogen-bond acceptors (Lipinski definition) is 0. The molecule has 0 aromatic carbocycles. The summed E-state index contributed by atoms with van der Waals surface area (Å²) in [6, 6.07) is 0. The average Bonchev–Trinajstić information content (AvgIpc) is 2.23. The smallest absolute Gasteiger partial charge is 0.0178 e. The highest BCUT2D eigenvalue weighted by molar-refractivity contribution is 5.36. The molecule has 0 radical (unpaired) electrons. The molecule has 1 rings (SSSR count). The molecule has 1 heteroatoms. The number of nitrogens with zero attached hydrogens (tertiary/aromatic N) is 1. The van der Waals surface area contributed by atoms with Crippen molar-refractivity contribution in [1.29, 1.82) is 0 Å². The maximum atomic E-state index is 2.29. The van der Waals surface area contributed by atoms with Gasteiger partial charge in [-0.3, -0.25) is 0 Å². The molecule has 0 N–H and O–H groups in total. The summed E-state index contributed by atoms with van der Waals surface area (Å²) in [5.74, 6) is 0. The van der Waals surface area contributed by atoms with Gasteiger partial charge < -0.3 is 4.57 Å². The van der Waals surface area contributed by atoms with Crippen molar-refractivity contribution in [2.24, 2.45) is 7.05 Å². The van der Waals surface area contributed by atoms with Crippen LogP contribution in [0.15, 0.2) is 0 Å². The predicted octanol–water partition coefficient (Wildman–Crippen LogP) is 2.90. The van der Waals surface area contributed by atoms with Crippen molar-refractivity contribution in [2.75, 3.05) is 0 Å². The van der Waals surface area contributed by atoms with Crippen LogP contribution in [-0.4, -0.2) is 4.57 Å². The van der Waals surface area contributed by atoms with E-state index in [1.807, 2.05) is 0 Å². The van der Waals surface area contributed by atoms with Gasteiger partial charge in [0.05, 0.1) is 0 Å². The zero-order valence-electron chi connectivity index (χ0n) is 8.86. The summed E-state index contributed by atoms with van der Waals surface area (Å²) in [4.78, 5) is 0. The topological polar surface area (TPSA) is 4.93 Å². The van der Waals surface area contributed by atoms with Crippen molar-refractivity contribution < 1.29 is 0 Å². The van der Waals surface area contributed by atoms with Gasteiger partial charge in [-0.05, 0) is 38.3 Å². The zero-order valence-corrected chi connectivity index (χ0v) is 8.86. The van der Waals surface area contributed by atoms with Crippen molar-refractivity contribution in [3.8, 4) is 0 Å². The average molecular weight is 165 g/mol. The van der Waals surface area contributed by atoms with Gasteiger partial charge in [0.2, 0.25) is 0 Å². The highest BCUT2D eigenvalue weighted by Crippen LogP contribution is 2.21. The van der Waals surface area contributed by atoms with Crippen LogP contribution in [-0.2, 0) is 13.5 Å². The molecule has 1 nitrogen and oxygen atoms in total. The number of aromatic nitrogens is 1. The van der Waals surface area contributed by atoms with Gasteiger partial charge in [0.25, 0.3) is 0 Å². The van der Waals surface area contributed by atoms with Crippen molar-refractivity contribution in [1.82, 2.24) is 4.57 Å². The maximum absolute atomic E-state index is 2.29. The molecule has 0 aliphatic rings. The van der Waals surface area contributed by atoms with Gasteiger partial charge in [-0.15, -0.1) is 0 Å². The van der Waals surface area contributed by atoms with Crippen LogP contribution in [0.4, 0.5) is 0 Å². The number of hydrogen-bond donors (Lipinski definition) is 0.